The van der Waals surface area contributed by atoms with Crippen molar-refractivity contribution in [2.75, 3.05) is 5.32 Å². The van der Waals surface area contributed by atoms with Crippen molar-refractivity contribution in [1.29, 1.82) is 0 Å². The fourth-order valence-electron chi connectivity index (χ4n) is 2.63. The van der Waals surface area contributed by atoms with E-state index >= 15 is 0 Å². The minimum Gasteiger partial charge on any atom is -0.310 e. The molecule has 142 valence electrons. The van der Waals surface area contributed by atoms with E-state index in [0.29, 0.717) is 22.1 Å². The molecule has 0 aliphatic rings. The molecule has 27 heavy (non-hydrogen) atoms. The number of rotatable bonds is 4. The minimum atomic E-state index is -4.41. The van der Waals surface area contributed by atoms with Gasteiger partial charge in [-0.3, -0.25) is 9.48 Å². The zero-order valence-corrected chi connectivity index (χ0v) is 15.7. The molecule has 5 nitrogen and oxygen atoms in total. The van der Waals surface area contributed by atoms with E-state index in [4.69, 9.17) is 0 Å². The van der Waals surface area contributed by atoms with Crippen LogP contribution in [0.2, 0.25) is 0 Å². The molecule has 0 saturated carbocycles. The van der Waals surface area contributed by atoms with Crippen LogP contribution in [0.15, 0.2) is 29.6 Å². The molecule has 0 saturated heterocycles. The van der Waals surface area contributed by atoms with Crippen LogP contribution in [0.4, 0.5) is 19.0 Å². The maximum absolute atomic E-state index is 12.9. The standard InChI is InChI=1S/C18H17F3N4OS/c1-10-11(2)24-25(3)16(10)23-15(26)8-14-9-27-17(22-14)12-5-4-6-13(7-12)18(19,20)21/h4-7,9H,8H2,1-3H3,(H,23,26). The van der Waals surface area contributed by atoms with Crippen LogP contribution in [0.5, 0.6) is 0 Å². The van der Waals surface area contributed by atoms with Gasteiger partial charge in [0.25, 0.3) is 0 Å². The SMILES string of the molecule is Cc1nn(C)c(NC(=O)Cc2csc(-c3cccc(C(F)(F)F)c3)n2)c1C. The third kappa shape index (κ3) is 4.19. The molecule has 1 aromatic carbocycles. The predicted octanol–water partition coefficient (Wildman–Crippen LogP) is 4.36. The summed E-state index contributed by atoms with van der Waals surface area (Å²) in [7, 11) is 1.74. The summed E-state index contributed by atoms with van der Waals surface area (Å²) in [6.07, 6.45) is -4.38. The van der Waals surface area contributed by atoms with Crippen molar-refractivity contribution < 1.29 is 18.0 Å². The molecule has 3 aromatic rings. The summed E-state index contributed by atoms with van der Waals surface area (Å²) in [6.45, 7) is 3.72. The number of aryl methyl sites for hydroxylation is 2. The van der Waals surface area contributed by atoms with Gasteiger partial charge in [-0.15, -0.1) is 11.3 Å². The first-order valence-electron chi connectivity index (χ1n) is 8.07. The van der Waals surface area contributed by atoms with Crippen molar-refractivity contribution in [3.63, 3.8) is 0 Å². The number of carbonyl (C=O) groups excluding carboxylic acids is 1. The number of aromatic nitrogens is 3. The second kappa shape index (κ2) is 7.15. The Morgan fingerprint density at radius 1 is 1.30 bits per heavy atom. The highest BCUT2D eigenvalue weighted by Gasteiger charge is 2.30. The molecule has 0 bridgehead atoms. The summed E-state index contributed by atoms with van der Waals surface area (Å²) >= 11 is 1.20. The van der Waals surface area contributed by atoms with Crippen LogP contribution >= 0.6 is 11.3 Å². The van der Waals surface area contributed by atoms with Gasteiger partial charge in [0.2, 0.25) is 5.91 Å². The first-order chi connectivity index (χ1) is 12.6. The zero-order chi connectivity index (χ0) is 19.8. The van der Waals surface area contributed by atoms with E-state index in [0.717, 1.165) is 23.4 Å². The molecule has 0 unspecified atom stereocenters. The van der Waals surface area contributed by atoms with Crippen LogP contribution in [-0.2, 0) is 24.4 Å². The van der Waals surface area contributed by atoms with Crippen molar-refractivity contribution in [3.8, 4) is 10.6 Å². The van der Waals surface area contributed by atoms with E-state index in [2.05, 4.69) is 15.4 Å². The maximum atomic E-state index is 12.9. The number of carbonyl (C=O) groups is 1. The molecule has 0 aliphatic heterocycles. The van der Waals surface area contributed by atoms with Crippen molar-refractivity contribution >= 4 is 23.1 Å². The number of hydrogen-bond donors (Lipinski definition) is 1. The lowest BCUT2D eigenvalue weighted by Crippen LogP contribution is -2.17. The fourth-order valence-corrected chi connectivity index (χ4v) is 3.45. The van der Waals surface area contributed by atoms with E-state index in [1.54, 1.807) is 23.2 Å². The molecular formula is C18H17F3N4OS. The summed E-state index contributed by atoms with van der Waals surface area (Å²) in [5.74, 6) is 0.354. The smallest absolute Gasteiger partial charge is 0.310 e. The van der Waals surface area contributed by atoms with Crippen LogP contribution in [0, 0.1) is 13.8 Å². The van der Waals surface area contributed by atoms with Gasteiger partial charge in [-0.05, 0) is 26.0 Å². The van der Waals surface area contributed by atoms with E-state index < -0.39 is 11.7 Å². The van der Waals surface area contributed by atoms with E-state index in [9.17, 15) is 18.0 Å². The Morgan fingerprint density at radius 3 is 2.67 bits per heavy atom. The molecule has 9 heteroatoms. The van der Waals surface area contributed by atoms with Crippen LogP contribution < -0.4 is 5.32 Å². The summed E-state index contributed by atoms with van der Waals surface area (Å²) in [5, 5.41) is 9.16. The minimum absolute atomic E-state index is 0.0269. The largest absolute Gasteiger partial charge is 0.416 e. The highest BCUT2D eigenvalue weighted by molar-refractivity contribution is 7.13. The number of benzene rings is 1. The fraction of sp³-hybridized carbons (Fsp3) is 0.278. The Hall–Kier alpha value is -2.68. The molecular weight excluding hydrogens is 377 g/mol. The maximum Gasteiger partial charge on any atom is 0.416 e. The summed E-state index contributed by atoms with van der Waals surface area (Å²) < 4.78 is 40.2. The van der Waals surface area contributed by atoms with Crippen LogP contribution in [0.1, 0.15) is 22.5 Å². The molecule has 0 aliphatic carbocycles. The Kier molecular flexibility index (Phi) is 5.05. The summed E-state index contributed by atoms with van der Waals surface area (Å²) in [6, 6.07) is 4.99. The summed E-state index contributed by atoms with van der Waals surface area (Å²) in [5.41, 5.74) is 1.86. The van der Waals surface area contributed by atoms with Gasteiger partial charge in [0.1, 0.15) is 10.8 Å². The third-order valence-electron chi connectivity index (χ3n) is 4.11. The van der Waals surface area contributed by atoms with Crippen molar-refractivity contribution in [1.82, 2.24) is 14.8 Å². The average molecular weight is 394 g/mol. The van der Waals surface area contributed by atoms with Crippen LogP contribution in [-0.4, -0.2) is 20.7 Å². The quantitative estimate of drug-likeness (QED) is 0.715. The first-order valence-corrected chi connectivity index (χ1v) is 8.95. The lowest BCUT2D eigenvalue weighted by Gasteiger charge is -2.07. The second-order valence-corrected chi connectivity index (χ2v) is 6.99. The van der Waals surface area contributed by atoms with Crippen molar-refractivity contribution in [2.24, 2.45) is 7.05 Å². The van der Waals surface area contributed by atoms with E-state index in [-0.39, 0.29) is 12.3 Å². The van der Waals surface area contributed by atoms with Crippen molar-refractivity contribution in [2.45, 2.75) is 26.4 Å². The first kappa shape index (κ1) is 19.1. The lowest BCUT2D eigenvalue weighted by atomic mass is 10.1. The highest BCUT2D eigenvalue weighted by atomic mass is 32.1. The van der Waals surface area contributed by atoms with Gasteiger partial charge in [0.05, 0.1) is 23.4 Å². The number of alkyl halides is 3. The van der Waals surface area contributed by atoms with Crippen molar-refractivity contribution in [3.05, 3.63) is 52.2 Å². The van der Waals surface area contributed by atoms with E-state index in [1.807, 2.05) is 13.8 Å². The Balaban J connectivity index is 1.74. The number of amides is 1. The molecule has 3 rings (SSSR count). The summed E-state index contributed by atoms with van der Waals surface area (Å²) in [4.78, 5) is 16.6. The topological polar surface area (TPSA) is 59.8 Å². The number of thiazole rings is 1. The number of nitrogens with zero attached hydrogens (tertiary/aromatic N) is 3. The molecule has 1 N–H and O–H groups in total. The molecule has 2 heterocycles. The second-order valence-electron chi connectivity index (χ2n) is 6.13. The lowest BCUT2D eigenvalue weighted by molar-refractivity contribution is -0.137. The number of nitrogens with one attached hydrogen (secondary N) is 1. The molecule has 0 fully saturated rings. The predicted molar refractivity (Wildman–Crippen MR) is 97.6 cm³/mol. The molecule has 1 amide bonds. The monoisotopic (exact) mass is 394 g/mol. The zero-order valence-electron chi connectivity index (χ0n) is 14.9. The van der Waals surface area contributed by atoms with Gasteiger partial charge < -0.3 is 5.32 Å². The van der Waals surface area contributed by atoms with Crippen LogP contribution in [0.3, 0.4) is 0 Å². The highest BCUT2D eigenvalue weighted by Crippen LogP contribution is 2.33. The average Bonchev–Trinajstić information content (AvgIpc) is 3.15. The van der Waals surface area contributed by atoms with Gasteiger partial charge >= 0.3 is 6.18 Å². The molecule has 2 aromatic heterocycles. The van der Waals surface area contributed by atoms with E-state index in [1.165, 1.54) is 17.4 Å². The van der Waals surface area contributed by atoms with Gasteiger partial charge in [0, 0.05) is 23.6 Å². The molecule has 0 spiro atoms. The Morgan fingerprint density at radius 2 is 2.04 bits per heavy atom. The van der Waals surface area contributed by atoms with Gasteiger partial charge in [-0.25, -0.2) is 4.98 Å². The van der Waals surface area contributed by atoms with Crippen LogP contribution in [0.25, 0.3) is 10.6 Å². The normalized spacial score (nSPS) is 11.6. The Labute approximate surface area is 157 Å². The molecule has 0 atom stereocenters. The molecule has 0 radical (unpaired) electrons. The number of anilines is 1. The van der Waals surface area contributed by atoms with Gasteiger partial charge in [0.15, 0.2) is 0 Å². The number of halogens is 3. The third-order valence-corrected chi connectivity index (χ3v) is 5.05. The number of hydrogen-bond acceptors (Lipinski definition) is 4. The van der Waals surface area contributed by atoms with Gasteiger partial charge in [-0.2, -0.15) is 18.3 Å². The van der Waals surface area contributed by atoms with Gasteiger partial charge in [-0.1, -0.05) is 12.1 Å². The Bertz CT molecular complexity index is 991.